The summed E-state index contributed by atoms with van der Waals surface area (Å²) in [5.74, 6) is 0. The van der Waals surface area contributed by atoms with Crippen LogP contribution in [0.3, 0.4) is 0 Å². The third-order valence-corrected chi connectivity index (χ3v) is 0. The predicted octanol–water partition coefficient (Wildman–Crippen LogP) is -5.36. The molecule has 0 atom stereocenters. The van der Waals surface area contributed by atoms with Crippen molar-refractivity contribution in [1.29, 1.82) is 0 Å². The molecule has 0 N–H and O–H groups in total. The van der Waals surface area contributed by atoms with E-state index in [2.05, 4.69) is 0 Å². The Bertz CT molecular complexity index is 489. The molecular weight excluding hydrogens is 612 g/mol. The minimum absolute atomic E-state index is 0. The summed E-state index contributed by atoms with van der Waals surface area (Å²) in [6, 6.07) is 0. The summed E-state index contributed by atoms with van der Waals surface area (Å²) in [4.78, 5) is 0. The molecule has 0 bridgehead atoms. The monoisotopic (exact) mass is 611 g/mol. The van der Waals surface area contributed by atoms with Gasteiger partial charge in [-0.3, -0.25) is 33.7 Å². The van der Waals surface area contributed by atoms with Gasteiger partial charge in [0.15, 0.2) is 0 Å². The van der Waals surface area contributed by atoms with Crippen LogP contribution in [0, 0.1) is 0 Å². The van der Waals surface area contributed by atoms with Crippen LogP contribution in [0.2, 0.25) is 0 Å². The van der Waals surface area contributed by atoms with Crippen molar-refractivity contribution >= 4 is 41.6 Å². The van der Waals surface area contributed by atoms with Crippen molar-refractivity contribution in [1.82, 2.24) is 0 Å². The van der Waals surface area contributed by atoms with Crippen LogP contribution in [-0.2, 0) is 109 Å². The molecule has 24 heavy (non-hydrogen) atoms. The van der Waals surface area contributed by atoms with Crippen LogP contribution in [0.4, 0.5) is 0 Å². The Hall–Kier alpha value is 1.52. The second-order valence-electron chi connectivity index (χ2n) is 1.63. The first-order valence-corrected chi connectivity index (χ1v) is 8.00. The average molecular weight is 612 g/mol. The first kappa shape index (κ1) is 50.0. The molecule has 0 unspecified atom stereocenters. The van der Waals surface area contributed by atoms with Gasteiger partial charge in [0.1, 0.15) is 0 Å². The van der Waals surface area contributed by atoms with Crippen molar-refractivity contribution in [2.75, 3.05) is 0 Å². The predicted molar refractivity (Wildman–Crippen MR) is 41.9 cm³/mol. The van der Waals surface area contributed by atoms with E-state index in [-0.39, 0.29) is 67.4 Å². The van der Waals surface area contributed by atoms with Gasteiger partial charge in [0.05, 0.1) is 0 Å². The molecular formula is CoMn2NiO16S4. The Morgan fingerprint density at radius 1 is 0.375 bits per heavy atom. The van der Waals surface area contributed by atoms with Gasteiger partial charge in [-0.15, -0.1) is 0 Å². The van der Waals surface area contributed by atoms with Crippen LogP contribution in [0.25, 0.3) is 0 Å². The minimum atomic E-state index is -5.17. The summed E-state index contributed by atoms with van der Waals surface area (Å²) in [6.45, 7) is 0. The summed E-state index contributed by atoms with van der Waals surface area (Å²) in [7, 11) is -20.7. The molecule has 0 aromatic rings. The number of hydrogen-bond acceptors (Lipinski definition) is 16. The van der Waals surface area contributed by atoms with Gasteiger partial charge < -0.3 is 36.4 Å². The summed E-state index contributed by atoms with van der Waals surface area (Å²) < 4.78 is 136. The van der Waals surface area contributed by atoms with E-state index in [4.69, 9.17) is 70.1 Å². The van der Waals surface area contributed by atoms with Crippen LogP contribution in [-0.4, -0.2) is 70.1 Å². The Kier molecular flexibility index (Phi) is 43.4. The summed E-state index contributed by atoms with van der Waals surface area (Å²) in [5.41, 5.74) is 0. The first-order chi connectivity index (χ1) is 8.00. The molecule has 0 aliphatic heterocycles. The molecule has 0 saturated carbocycles. The molecule has 0 fully saturated rings. The van der Waals surface area contributed by atoms with Gasteiger partial charge >= 0.3 is 67.4 Å². The van der Waals surface area contributed by atoms with Crippen molar-refractivity contribution in [3.8, 4) is 0 Å². The van der Waals surface area contributed by atoms with Crippen molar-refractivity contribution in [2.45, 2.75) is 0 Å². The first-order valence-electron chi connectivity index (χ1n) is 2.67. The Labute approximate surface area is 177 Å². The van der Waals surface area contributed by atoms with E-state index in [1.807, 2.05) is 0 Å². The fourth-order valence-corrected chi connectivity index (χ4v) is 0. The summed E-state index contributed by atoms with van der Waals surface area (Å²) in [5, 5.41) is 0. The molecule has 0 saturated heterocycles. The largest absolute Gasteiger partial charge is 2.00 e. The fourth-order valence-electron chi connectivity index (χ4n) is 0. The van der Waals surface area contributed by atoms with Crippen LogP contribution in [0.5, 0.6) is 0 Å². The maximum atomic E-state index is 8.52. The van der Waals surface area contributed by atoms with E-state index < -0.39 is 41.6 Å². The second-order valence-corrected chi connectivity index (χ2v) is 4.90. The smallest absolute Gasteiger partial charge is 0.759 e. The molecule has 24 heteroatoms. The minimum Gasteiger partial charge on any atom is -0.759 e. The van der Waals surface area contributed by atoms with E-state index in [1.165, 1.54) is 0 Å². The van der Waals surface area contributed by atoms with Crippen molar-refractivity contribution in [2.24, 2.45) is 0 Å². The molecule has 0 aromatic carbocycles. The van der Waals surface area contributed by atoms with Crippen molar-refractivity contribution < 1.29 is 138 Å². The molecule has 0 rings (SSSR count). The topological polar surface area (TPSA) is 321 Å². The zero-order chi connectivity index (χ0) is 18.0. The Balaban J connectivity index is -0.0000000225. The molecule has 0 aliphatic rings. The van der Waals surface area contributed by atoms with Gasteiger partial charge in [-0.1, -0.05) is 0 Å². The van der Waals surface area contributed by atoms with E-state index >= 15 is 0 Å². The number of hydrogen-bond donors (Lipinski definition) is 0. The Morgan fingerprint density at radius 2 is 0.375 bits per heavy atom. The van der Waals surface area contributed by atoms with Crippen LogP contribution in [0.15, 0.2) is 0 Å². The van der Waals surface area contributed by atoms with E-state index in [9.17, 15) is 0 Å². The Morgan fingerprint density at radius 3 is 0.375 bits per heavy atom. The molecule has 0 spiro atoms. The van der Waals surface area contributed by atoms with Crippen LogP contribution in [0.1, 0.15) is 0 Å². The van der Waals surface area contributed by atoms with Gasteiger partial charge in [0.25, 0.3) is 0 Å². The third-order valence-electron chi connectivity index (χ3n) is 0. The average Bonchev–Trinajstić information content (AvgIpc) is 1.62. The molecule has 0 aromatic heterocycles. The second kappa shape index (κ2) is 20.8. The van der Waals surface area contributed by atoms with Gasteiger partial charge in [0.2, 0.25) is 0 Å². The zero-order valence-corrected chi connectivity index (χ0v) is 17.2. The van der Waals surface area contributed by atoms with E-state index in [0.29, 0.717) is 0 Å². The standard InChI is InChI=1S/Co.2Mn.Ni.4H2O4S/c;;;;4*1-5(2,3)4/h;;;;4*(H2,1,2,3,4)/q4*+2;;;;/p-8. The quantitative estimate of drug-likeness (QED) is 0.140. The van der Waals surface area contributed by atoms with Crippen molar-refractivity contribution in [3.63, 3.8) is 0 Å². The maximum Gasteiger partial charge on any atom is 2.00 e. The molecule has 153 valence electrons. The number of rotatable bonds is 0. The van der Waals surface area contributed by atoms with Gasteiger partial charge in [-0.05, 0) is 0 Å². The van der Waals surface area contributed by atoms with Crippen LogP contribution < -0.4 is 0 Å². The molecule has 16 nitrogen and oxygen atoms in total. The summed E-state index contributed by atoms with van der Waals surface area (Å²) in [6.07, 6.45) is 0. The maximum absolute atomic E-state index is 8.52. The van der Waals surface area contributed by atoms with Gasteiger partial charge in [-0.2, -0.15) is 0 Å². The van der Waals surface area contributed by atoms with E-state index in [0.717, 1.165) is 0 Å². The molecule has 0 heterocycles. The normalized spacial score (nSPS) is 9.67. The third kappa shape index (κ3) is 5170. The van der Waals surface area contributed by atoms with Gasteiger partial charge in [-0.25, -0.2) is 0 Å². The molecule has 0 amide bonds. The molecule has 3 radical (unpaired) electrons. The zero-order valence-electron chi connectivity index (χ0n) is 9.57. The fraction of sp³-hybridized carbons (Fsp3) is 0. The van der Waals surface area contributed by atoms with Gasteiger partial charge in [0, 0.05) is 41.6 Å². The SMILES string of the molecule is O=S(=O)([O-])[O-].O=S(=O)([O-])[O-].O=S(=O)([O-])[O-].O=S(=O)([O-])[O-].[Co+2].[Mn+2].[Mn+2].[Ni+2]. The summed E-state index contributed by atoms with van der Waals surface area (Å²) >= 11 is 0. The van der Waals surface area contributed by atoms with Crippen molar-refractivity contribution in [3.05, 3.63) is 0 Å². The molecule has 0 aliphatic carbocycles. The van der Waals surface area contributed by atoms with Crippen LogP contribution >= 0.6 is 0 Å². The van der Waals surface area contributed by atoms with E-state index in [1.54, 1.807) is 0 Å².